The molecule has 1 atom stereocenters. The Morgan fingerprint density at radius 1 is 1.09 bits per heavy atom. The van der Waals surface area contributed by atoms with Crippen molar-refractivity contribution in [2.75, 3.05) is 11.4 Å². The monoisotopic (exact) mass is 294 g/mol. The molecule has 1 amide bonds. The van der Waals surface area contributed by atoms with Crippen LogP contribution >= 0.6 is 0 Å². The maximum atomic E-state index is 12.6. The van der Waals surface area contributed by atoms with E-state index in [9.17, 15) is 9.90 Å². The van der Waals surface area contributed by atoms with Gasteiger partial charge >= 0.3 is 0 Å². The molecule has 1 aliphatic heterocycles. The predicted molar refractivity (Wildman–Crippen MR) is 87.0 cm³/mol. The van der Waals surface area contributed by atoms with E-state index in [-0.39, 0.29) is 5.91 Å². The van der Waals surface area contributed by atoms with Crippen molar-refractivity contribution in [3.63, 3.8) is 0 Å². The summed E-state index contributed by atoms with van der Waals surface area (Å²) < 4.78 is 0. The second-order valence-corrected chi connectivity index (χ2v) is 5.24. The SMILES string of the molecule is CCCN1C(=O)/C(=N\C(O)c2ccccc2)c2ccccc21. The molecule has 2 aromatic rings. The number of hydrogen-bond acceptors (Lipinski definition) is 3. The average molecular weight is 294 g/mol. The van der Waals surface area contributed by atoms with E-state index in [2.05, 4.69) is 4.99 Å². The number of amides is 1. The fourth-order valence-electron chi connectivity index (χ4n) is 2.65. The van der Waals surface area contributed by atoms with Crippen LogP contribution in [0.5, 0.6) is 0 Å². The molecule has 22 heavy (non-hydrogen) atoms. The van der Waals surface area contributed by atoms with Crippen LogP contribution in [0.1, 0.15) is 30.7 Å². The molecule has 2 aromatic carbocycles. The third-order valence-electron chi connectivity index (χ3n) is 3.69. The minimum Gasteiger partial charge on any atom is -0.368 e. The van der Waals surface area contributed by atoms with E-state index in [0.29, 0.717) is 17.8 Å². The van der Waals surface area contributed by atoms with Gasteiger partial charge in [0.2, 0.25) is 0 Å². The highest BCUT2D eigenvalue weighted by Crippen LogP contribution is 2.30. The first-order valence-corrected chi connectivity index (χ1v) is 7.44. The van der Waals surface area contributed by atoms with E-state index < -0.39 is 6.23 Å². The van der Waals surface area contributed by atoms with Crippen LogP contribution in [0.4, 0.5) is 5.69 Å². The van der Waals surface area contributed by atoms with E-state index in [1.165, 1.54) is 0 Å². The normalized spacial score (nSPS) is 16.9. The van der Waals surface area contributed by atoms with Crippen LogP contribution in [0, 0.1) is 0 Å². The second kappa shape index (κ2) is 6.12. The van der Waals surface area contributed by atoms with Gasteiger partial charge in [0.1, 0.15) is 5.71 Å². The Balaban J connectivity index is 2.00. The highest BCUT2D eigenvalue weighted by atomic mass is 16.3. The topological polar surface area (TPSA) is 52.9 Å². The van der Waals surface area contributed by atoms with Gasteiger partial charge in [0.25, 0.3) is 5.91 Å². The first-order valence-electron chi connectivity index (χ1n) is 7.44. The molecule has 1 aliphatic rings. The lowest BCUT2D eigenvalue weighted by molar-refractivity contribution is -0.112. The molecule has 1 heterocycles. The lowest BCUT2D eigenvalue weighted by Crippen LogP contribution is -2.31. The highest BCUT2D eigenvalue weighted by molar-refractivity contribution is 6.54. The number of para-hydroxylation sites is 1. The van der Waals surface area contributed by atoms with Gasteiger partial charge in [-0.25, -0.2) is 4.99 Å². The number of benzene rings is 2. The Kier molecular flexibility index (Phi) is 4.02. The van der Waals surface area contributed by atoms with Crippen molar-refractivity contribution < 1.29 is 9.90 Å². The van der Waals surface area contributed by atoms with E-state index in [4.69, 9.17) is 0 Å². The Bertz CT molecular complexity index is 710. The third kappa shape index (κ3) is 2.53. The zero-order valence-electron chi connectivity index (χ0n) is 12.4. The summed E-state index contributed by atoms with van der Waals surface area (Å²) in [6, 6.07) is 16.7. The molecule has 0 spiro atoms. The fourth-order valence-corrected chi connectivity index (χ4v) is 2.65. The van der Waals surface area contributed by atoms with E-state index in [0.717, 1.165) is 17.7 Å². The molecule has 0 saturated heterocycles. The predicted octanol–water partition coefficient (Wildman–Crippen LogP) is 2.92. The van der Waals surface area contributed by atoms with Crippen molar-refractivity contribution in [2.24, 2.45) is 4.99 Å². The average Bonchev–Trinajstić information content (AvgIpc) is 2.82. The summed E-state index contributed by atoms with van der Waals surface area (Å²) in [6.07, 6.45) is -0.163. The van der Waals surface area contributed by atoms with Crippen LogP contribution in [0.25, 0.3) is 0 Å². The minimum atomic E-state index is -1.03. The molecule has 3 rings (SSSR count). The molecule has 4 heteroatoms. The second-order valence-electron chi connectivity index (χ2n) is 5.24. The molecule has 0 aliphatic carbocycles. The van der Waals surface area contributed by atoms with Crippen LogP contribution in [-0.2, 0) is 4.79 Å². The lowest BCUT2D eigenvalue weighted by Gasteiger charge is -2.15. The zero-order chi connectivity index (χ0) is 15.5. The van der Waals surface area contributed by atoms with Gasteiger partial charge in [0, 0.05) is 17.7 Å². The van der Waals surface area contributed by atoms with E-state index >= 15 is 0 Å². The summed E-state index contributed by atoms with van der Waals surface area (Å²) in [5, 5.41) is 10.3. The number of aliphatic hydroxyl groups is 1. The quantitative estimate of drug-likeness (QED) is 0.942. The van der Waals surface area contributed by atoms with E-state index in [1.807, 2.05) is 49.4 Å². The molecule has 4 nitrogen and oxygen atoms in total. The Labute approximate surface area is 129 Å². The number of nitrogens with zero attached hydrogens (tertiary/aromatic N) is 2. The molecular weight excluding hydrogens is 276 g/mol. The molecule has 0 fully saturated rings. The molecule has 0 bridgehead atoms. The zero-order valence-corrected chi connectivity index (χ0v) is 12.4. The minimum absolute atomic E-state index is 0.141. The third-order valence-corrected chi connectivity index (χ3v) is 3.69. The molecule has 1 unspecified atom stereocenters. The lowest BCUT2D eigenvalue weighted by atomic mass is 10.1. The number of fused-ring (bicyclic) bond motifs is 1. The summed E-state index contributed by atoms with van der Waals surface area (Å²) in [4.78, 5) is 18.6. The summed E-state index contributed by atoms with van der Waals surface area (Å²) in [6.45, 7) is 2.68. The maximum Gasteiger partial charge on any atom is 0.277 e. The van der Waals surface area contributed by atoms with Crippen molar-refractivity contribution in [1.29, 1.82) is 0 Å². The first kappa shape index (κ1) is 14.5. The smallest absolute Gasteiger partial charge is 0.277 e. The first-order chi connectivity index (χ1) is 10.7. The number of rotatable bonds is 4. The Hall–Kier alpha value is -2.46. The van der Waals surface area contributed by atoms with Gasteiger partial charge in [-0.1, -0.05) is 55.5 Å². The van der Waals surface area contributed by atoms with Crippen molar-refractivity contribution >= 4 is 17.3 Å². The number of aliphatic imine (C=N–C) groups is 1. The molecule has 0 aromatic heterocycles. The largest absolute Gasteiger partial charge is 0.368 e. The molecule has 0 saturated carbocycles. The Morgan fingerprint density at radius 3 is 2.50 bits per heavy atom. The van der Waals surface area contributed by atoms with Gasteiger partial charge in [0.05, 0.1) is 5.69 Å². The van der Waals surface area contributed by atoms with Crippen molar-refractivity contribution in [3.8, 4) is 0 Å². The van der Waals surface area contributed by atoms with Gasteiger partial charge in [0.15, 0.2) is 6.23 Å². The highest BCUT2D eigenvalue weighted by Gasteiger charge is 2.33. The number of anilines is 1. The fraction of sp³-hybridized carbons (Fsp3) is 0.222. The summed E-state index contributed by atoms with van der Waals surface area (Å²) in [5.41, 5.74) is 2.67. The standard InChI is InChI=1S/C18H18N2O2/c1-2-12-20-15-11-7-6-10-14(15)16(18(20)22)19-17(21)13-8-4-3-5-9-13/h3-11,17,21H,2,12H2,1H3/b19-16-. The van der Waals surface area contributed by atoms with Gasteiger partial charge in [-0.15, -0.1) is 0 Å². The van der Waals surface area contributed by atoms with Crippen molar-refractivity contribution in [2.45, 2.75) is 19.6 Å². The van der Waals surface area contributed by atoms with Crippen molar-refractivity contribution in [3.05, 3.63) is 65.7 Å². The number of hydrogen-bond donors (Lipinski definition) is 1. The Morgan fingerprint density at radius 2 is 1.77 bits per heavy atom. The van der Waals surface area contributed by atoms with E-state index in [1.54, 1.807) is 17.0 Å². The number of carbonyl (C=O) groups is 1. The summed E-state index contributed by atoms with van der Waals surface area (Å²) in [7, 11) is 0. The van der Waals surface area contributed by atoms with Crippen LogP contribution in [0.2, 0.25) is 0 Å². The van der Waals surface area contributed by atoms with Crippen LogP contribution in [0.3, 0.4) is 0 Å². The van der Waals surface area contributed by atoms with Crippen LogP contribution in [-0.4, -0.2) is 23.3 Å². The van der Waals surface area contributed by atoms with Gasteiger partial charge in [-0.3, -0.25) is 4.79 Å². The maximum absolute atomic E-state index is 12.6. The summed E-state index contributed by atoms with van der Waals surface area (Å²) in [5.74, 6) is -0.141. The molecule has 112 valence electrons. The van der Waals surface area contributed by atoms with Crippen LogP contribution < -0.4 is 4.90 Å². The van der Waals surface area contributed by atoms with Gasteiger partial charge < -0.3 is 10.0 Å². The number of aliphatic hydroxyl groups excluding tert-OH is 1. The molecule has 0 radical (unpaired) electrons. The van der Waals surface area contributed by atoms with Gasteiger partial charge in [-0.05, 0) is 12.5 Å². The van der Waals surface area contributed by atoms with Gasteiger partial charge in [-0.2, -0.15) is 0 Å². The molecular formula is C18H18N2O2. The summed E-state index contributed by atoms with van der Waals surface area (Å²) >= 11 is 0. The molecule has 1 N–H and O–H groups in total. The number of carbonyl (C=O) groups excluding carboxylic acids is 1. The van der Waals surface area contributed by atoms with Crippen LogP contribution in [0.15, 0.2) is 59.6 Å². The van der Waals surface area contributed by atoms with Crippen molar-refractivity contribution in [1.82, 2.24) is 0 Å².